The number of hydrogen-bond acceptors (Lipinski definition) is 3. The molecule has 0 fully saturated rings. The topological polar surface area (TPSA) is 43.3 Å². The molecule has 0 radical (unpaired) electrons. The van der Waals surface area contributed by atoms with Crippen LogP contribution >= 0.6 is 11.3 Å². The number of carbonyl (C=O) groups is 1. The van der Waals surface area contributed by atoms with Crippen LogP contribution in [0.5, 0.6) is 0 Å². The number of aryl methyl sites for hydroxylation is 1. The van der Waals surface area contributed by atoms with Crippen LogP contribution in [0.1, 0.15) is 15.2 Å². The molecule has 2 heterocycles. The second-order valence-electron chi connectivity index (χ2n) is 6.43. The normalized spacial score (nSPS) is 11.4. The Kier molecular flexibility index (Phi) is 4.68. The number of methoxy groups -OCH3 is 1. The third-order valence-electron chi connectivity index (χ3n) is 4.67. The Hall–Kier alpha value is -2.70. The van der Waals surface area contributed by atoms with Crippen molar-refractivity contribution >= 4 is 43.9 Å². The van der Waals surface area contributed by atoms with Crippen molar-refractivity contribution < 1.29 is 13.9 Å². The number of carbonyl (C=O) groups excluding carboxylic acids is 1. The maximum atomic E-state index is 13.5. The molecule has 0 aliphatic heterocycles. The summed E-state index contributed by atoms with van der Waals surface area (Å²) in [6.07, 6.45) is 2.01. The molecule has 0 saturated carbocycles. The molecule has 4 rings (SSSR count). The predicted octanol–water partition coefficient (Wildman–Crippen LogP) is 5.20. The minimum Gasteiger partial charge on any atom is -0.383 e. The van der Waals surface area contributed by atoms with Crippen molar-refractivity contribution in [3.8, 4) is 0 Å². The molecule has 0 aliphatic rings. The molecule has 4 nitrogen and oxygen atoms in total. The highest BCUT2D eigenvalue weighted by molar-refractivity contribution is 7.21. The molecule has 27 heavy (non-hydrogen) atoms. The van der Waals surface area contributed by atoms with Crippen molar-refractivity contribution in [3.63, 3.8) is 0 Å². The Morgan fingerprint density at radius 2 is 2.07 bits per heavy atom. The molecular weight excluding hydrogens is 363 g/mol. The molecule has 138 valence electrons. The van der Waals surface area contributed by atoms with Crippen LogP contribution in [0.15, 0.2) is 48.7 Å². The number of aromatic nitrogens is 1. The number of hydrogen-bond donors (Lipinski definition) is 1. The minimum atomic E-state index is -0.293. The van der Waals surface area contributed by atoms with Gasteiger partial charge in [-0.1, -0.05) is 0 Å². The highest BCUT2D eigenvalue weighted by Crippen LogP contribution is 2.32. The number of thiophene rings is 1. The van der Waals surface area contributed by atoms with Crippen LogP contribution in [0, 0.1) is 12.7 Å². The Morgan fingerprint density at radius 3 is 2.89 bits per heavy atom. The van der Waals surface area contributed by atoms with Gasteiger partial charge in [0.15, 0.2) is 0 Å². The summed E-state index contributed by atoms with van der Waals surface area (Å²) in [5.74, 6) is -0.467. The number of benzene rings is 2. The second kappa shape index (κ2) is 7.13. The van der Waals surface area contributed by atoms with Crippen molar-refractivity contribution in [2.75, 3.05) is 19.0 Å². The standard InChI is InChI=1S/C21H19FN2O2S/c1-13-17-12-15(22)3-6-19(17)27-20(13)21(25)23-16-4-5-18-14(11-16)7-8-24(18)9-10-26-2/h3-8,11-12H,9-10H2,1-2H3,(H,23,25). The van der Waals surface area contributed by atoms with Gasteiger partial charge in [-0.3, -0.25) is 4.79 Å². The summed E-state index contributed by atoms with van der Waals surface area (Å²) in [4.78, 5) is 13.4. The number of halogens is 1. The third kappa shape index (κ3) is 3.34. The fraction of sp³-hybridized carbons (Fsp3) is 0.190. The van der Waals surface area contributed by atoms with Crippen LogP contribution in [0.4, 0.5) is 10.1 Å². The van der Waals surface area contributed by atoms with Gasteiger partial charge in [0.25, 0.3) is 5.91 Å². The zero-order valence-corrected chi connectivity index (χ0v) is 15.9. The summed E-state index contributed by atoms with van der Waals surface area (Å²) in [6, 6.07) is 12.5. The first kappa shape index (κ1) is 17.7. The van der Waals surface area contributed by atoms with Gasteiger partial charge in [0, 0.05) is 41.1 Å². The maximum Gasteiger partial charge on any atom is 0.266 e. The second-order valence-corrected chi connectivity index (χ2v) is 7.48. The first-order chi connectivity index (χ1) is 13.1. The Labute approximate surface area is 160 Å². The van der Waals surface area contributed by atoms with Crippen LogP contribution < -0.4 is 5.32 Å². The van der Waals surface area contributed by atoms with E-state index >= 15 is 0 Å². The summed E-state index contributed by atoms with van der Waals surface area (Å²) in [5, 5.41) is 4.81. The number of rotatable bonds is 5. The number of amides is 1. The lowest BCUT2D eigenvalue weighted by atomic mass is 10.1. The van der Waals surface area contributed by atoms with E-state index in [0.717, 1.165) is 38.8 Å². The van der Waals surface area contributed by atoms with Crippen LogP contribution in [-0.4, -0.2) is 24.2 Å². The summed E-state index contributed by atoms with van der Waals surface area (Å²) in [5.41, 5.74) is 2.64. The zero-order chi connectivity index (χ0) is 19.0. The molecule has 0 spiro atoms. The maximum absolute atomic E-state index is 13.5. The molecule has 0 bridgehead atoms. The SMILES string of the molecule is COCCn1ccc2cc(NC(=O)c3sc4ccc(F)cc4c3C)ccc21. The van der Waals surface area contributed by atoms with E-state index in [1.807, 2.05) is 37.4 Å². The van der Waals surface area contributed by atoms with Crippen LogP contribution in [-0.2, 0) is 11.3 Å². The molecule has 2 aromatic heterocycles. The molecule has 0 saturated heterocycles. The van der Waals surface area contributed by atoms with E-state index in [4.69, 9.17) is 4.74 Å². The number of anilines is 1. The van der Waals surface area contributed by atoms with E-state index in [1.54, 1.807) is 13.2 Å². The average Bonchev–Trinajstić information content (AvgIpc) is 3.21. The van der Waals surface area contributed by atoms with E-state index in [2.05, 4.69) is 9.88 Å². The summed E-state index contributed by atoms with van der Waals surface area (Å²) >= 11 is 1.38. The highest BCUT2D eigenvalue weighted by atomic mass is 32.1. The fourth-order valence-electron chi connectivity index (χ4n) is 3.26. The van der Waals surface area contributed by atoms with Crippen molar-refractivity contribution in [2.24, 2.45) is 0 Å². The molecule has 0 atom stereocenters. The Morgan fingerprint density at radius 1 is 1.22 bits per heavy atom. The summed E-state index contributed by atoms with van der Waals surface area (Å²) < 4.78 is 21.7. The van der Waals surface area contributed by atoms with Gasteiger partial charge in [-0.2, -0.15) is 0 Å². The van der Waals surface area contributed by atoms with E-state index < -0.39 is 0 Å². The zero-order valence-electron chi connectivity index (χ0n) is 15.1. The van der Waals surface area contributed by atoms with Gasteiger partial charge in [-0.15, -0.1) is 11.3 Å². The molecule has 1 N–H and O–H groups in total. The number of fused-ring (bicyclic) bond motifs is 2. The first-order valence-corrected chi connectivity index (χ1v) is 9.46. The predicted molar refractivity (Wildman–Crippen MR) is 108 cm³/mol. The van der Waals surface area contributed by atoms with Crippen molar-refractivity contribution in [1.82, 2.24) is 4.57 Å². The quantitative estimate of drug-likeness (QED) is 0.515. The molecule has 0 unspecified atom stereocenters. The third-order valence-corrected chi connectivity index (χ3v) is 5.94. The molecule has 0 aliphatic carbocycles. The van der Waals surface area contributed by atoms with Crippen LogP contribution in [0.2, 0.25) is 0 Å². The molecular formula is C21H19FN2O2S. The van der Waals surface area contributed by atoms with Crippen LogP contribution in [0.3, 0.4) is 0 Å². The average molecular weight is 382 g/mol. The van der Waals surface area contributed by atoms with Crippen molar-refractivity contribution in [2.45, 2.75) is 13.5 Å². The van der Waals surface area contributed by atoms with Crippen molar-refractivity contribution in [1.29, 1.82) is 0 Å². The Balaban J connectivity index is 1.60. The van der Waals surface area contributed by atoms with Crippen molar-refractivity contribution in [3.05, 3.63) is 64.9 Å². The van der Waals surface area contributed by atoms with Gasteiger partial charge >= 0.3 is 0 Å². The van der Waals surface area contributed by atoms with E-state index in [9.17, 15) is 9.18 Å². The first-order valence-electron chi connectivity index (χ1n) is 8.64. The molecule has 4 aromatic rings. The largest absolute Gasteiger partial charge is 0.383 e. The highest BCUT2D eigenvalue weighted by Gasteiger charge is 2.16. The fourth-order valence-corrected chi connectivity index (χ4v) is 4.34. The lowest BCUT2D eigenvalue weighted by Gasteiger charge is -2.07. The number of nitrogens with one attached hydrogen (secondary N) is 1. The molecule has 2 aromatic carbocycles. The molecule has 6 heteroatoms. The monoisotopic (exact) mass is 382 g/mol. The summed E-state index contributed by atoms with van der Waals surface area (Å²) in [7, 11) is 1.68. The minimum absolute atomic E-state index is 0.174. The van der Waals surface area contributed by atoms with Gasteiger partial charge in [0.1, 0.15) is 5.82 Å². The summed E-state index contributed by atoms with van der Waals surface area (Å²) in [6.45, 7) is 3.28. The van der Waals surface area contributed by atoms with Gasteiger partial charge in [-0.05, 0) is 60.3 Å². The lowest BCUT2D eigenvalue weighted by molar-refractivity contribution is 0.103. The van der Waals surface area contributed by atoms with Gasteiger partial charge in [-0.25, -0.2) is 4.39 Å². The number of ether oxygens (including phenoxy) is 1. The van der Waals surface area contributed by atoms with Gasteiger partial charge < -0.3 is 14.6 Å². The smallest absolute Gasteiger partial charge is 0.266 e. The van der Waals surface area contributed by atoms with Gasteiger partial charge in [0.2, 0.25) is 0 Å². The Bertz CT molecular complexity index is 1150. The number of nitrogens with zero attached hydrogens (tertiary/aromatic N) is 1. The van der Waals surface area contributed by atoms with Crippen LogP contribution in [0.25, 0.3) is 21.0 Å². The molecule has 1 amide bonds. The van der Waals surface area contributed by atoms with E-state index in [0.29, 0.717) is 11.5 Å². The van der Waals surface area contributed by atoms with E-state index in [1.165, 1.54) is 23.5 Å². The van der Waals surface area contributed by atoms with Gasteiger partial charge in [0.05, 0.1) is 11.5 Å². The van der Waals surface area contributed by atoms with E-state index in [-0.39, 0.29) is 11.7 Å². The lowest BCUT2D eigenvalue weighted by Crippen LogP contribution is -2.11.